The Morgan fingerprint density at radius 1 is 0.582 bits per heavy atom. The Hall–Kier alpha value is -9.92. The highest BCUT2D eigenvalue weighted by molar-refractivity contribution is 6.00. The lowest BCUT2D eigenvalue weighted by Crippen LogP contribution is -2.60. The van der Waals surface area contributed by atoms with Crippen LogP contribution in [0.25, 0.3) is 11.0 Å². The lowest BCUT2D eigenvalue weighted by molar-refractivity contribution is -0.146. The first-order valence-corrected chi connectivity index (χ1v) is 30.6. The molecule has 0 unspecified atom stereocenters. The summed E-state index contributed by atoms with van der Waals surface area (Å²) in [5.74, 6) is -10.3. The highest BCUT2D eigenvalue weighted by Gasteiger charge is 2.41. The van der Waals surface area contributed by atoms with E-state index in [9.17, 15) is 68.1 Å². The molecule has 0 bridgehead atoms. The van der Waals surface area contributed by atoms with Gasteiger partial charge in [-0.05, 0) is 104 Å². The number of benzene rings is 3. The van der Waals surface area contributed by atoms with E-state index in [1.54, 1.807) is 67.0 Å². The molecular weight excluding hydrogens is 1170 g/mol. The Bertz CT molecular complexity index is 3370. The number of nitrogens with zero attached hydrogens (tertiary/aromatic N) is 3. The van der Waals surface area contributed by atoms with Crippen LogP contribution in [-0.4, -0.2) is 182 Å². The van der Waals surface area contributed by atoms with E-state index in [2.05, 4.69) is 52.5 Å². The number of aromatic nitrogens is 2. The molecule has 27 nitrogen and oxygen atoms in total. The third kappa shape index (κ3) is 20.0. The number of rotatable bonds is 18. The summed E-state index contributed by atoms with van der Waals surface area (Å²) in [5.41, 5.74) is 8.29. The Labute approximate surface area is 525 Å². The van der Waals surface area contributed by atoms with Gasteiger partial charge < -0.3 is 78.4 Å². The van der Waals surface area contributed by atoms with Gasteiger partial charge >= 0.3 is 5.97 Å². The van der Waals surface area contributed by atoms with E-state index in [0.717, 1.165) is 9.80 Å². The monoisotopic (exact) mass is 1260 g/mol. The van der Waals surface area contributed by atoms with Gasteiger partial charge in [0.25, 0.3) is 0 Å². The van der Waals surface area contributed by atoms with Crippen molar-refractivity contribution in [2.75, 3.05) is 33.2 Å². The van der Waals surface area contributed by atoms with Crippen molar-refractivity contribution in [3.05, 3.63) is 126 Å². The number of phenolic OH excluding ortho intramolecular Hbond substituents is 2. The van der Waals surface area contributed by atoms with Crippen LogP contribution in [0.2, 0.25) is 0 Å². The number of phenols is 2. The number of fused-ring (bicyclic) bond motifs is 2. The number of pyridine rings is 1. The Morgan fingerprint density at radius 2 is 1.12 bits per heavy atom. The summed E-state index contributed by atoms with van der Waals surface area (Å²) in [4.78, 5) is 167. The van der Waals surface area contributed by atoms with Crippen LogP contribution in [0.3, 0.4) is 0 Å². The van der Waals surface area contributed by atoms with Gasteiger partial charge in [0.1, 0.15) is 65.5 Å². The highest BCUT2D eigenvalue weighted by Crippen LogP contribution is 2.23. The number of carboxylic acid groups (broad SMARTS) is 1. The first-order chi connectivity index (χ1) is 43.7. The third-order valence-corrected chi connectivity index (χ3v) is 16.0. The van der Waals surface area contributed by atoms with E-state index in [1.165, 1.54) is 43.4 Å². The second-order valence-electron chi connectivity index (χ2n) is 22.8. The molecule has 2 aromatic heterocycles. The Balaban J connectivity index is 1.27. The number of aromatic hydroxyl groups is 2. The fourth-order valence-electron chi connectivity index (χ4n) is 11.0. The zero-order valence-corrected chi connectivity index (χ0v) is 50.9. The van der Waals surface area contributed by atoms with Gasteiger partial charge in [-0.25, -0.2) is 4.98 Å². The van der Waals surface area contributed by atoms with Crippen molar-refractivity contribution in [1.82, 2.24) is 62.3 Å². The van der Waals surface area contributed by atoms with Gasteiger partial charge in [-0.2, -0.15) is 0 Å². The van der Waals surface area contributed by atoms with Crippen molar-refractivity contribution < 1.29 is 68.1 Å². The zero-order valence-electron chi connectivity index (χ0n) is 50.9. The molecule has 3 aromatic carbocycles. The van der Waals surface area contributed by atoms with Crippen molar-refractivity contribution in [2.24, 2.45) is 5.73 Å². The van der Waals surface area contributed by atoms with Crippen molar-refractivity contribution in [1.29, 1.82) is 0 Å². The molecular formula is C64H81N13O14. The van der Waals surface area contributed by atoms with Gasteiger partial charge in [0.05, 0.1) is 19.5 Å². The van der Waals surface area contributed by atoms with Crippen molar-refractivity contribution >= 4 is 76.1 Å². The molecule has 2 saturated heterocycles. The molecule has 0 aliphatic carbocycles. The van der Waals surface area contributed by atoms with Gasteiger partial charge in [0.2, 0.25) is 59.1 Å². The van der Waals surface area contributed by atoms with Crippen LogP contribution in [-0.2, 0) is 78.4 Å². The van der Waals surface area contributed by atoms with Crippen LogP contribution in [0.4, 0.5) is 0 Å². The first-order valence-electron chi connectivity index (χ1n) is 30.6. The molecule has 4 heterocycles. The maximum absolute atomic E-state index is 14.9. The summed E-state index contributed by atoms with van der Waals surface area (Å²) < 4.78 is 0. The maximum Gasteiger partial charge on any atom is 0.305 e. The van der Waals surface area contributed by atoms with Crippen molar-refractivity contribution in [3.63, 3.8) is 0 Å². The number of likely N-dealkylation sites (N-methyl/N-ethyl adjacent to an activating group) is 1. The van der Waals surface area contributed by atoms with Gasteiger partial charge in [0, 0.05) is 57.1 Å². The van der Waals surface area contributed by atoms with Gasteiger partial charge in [0.15, 0.2) is 0 Å². The SMILES string of the molecule is CCCCC[C@@H]1NC(=O)[C@H](Cc2ccc(O)cc2)NC(=O)[C@H](Cc2ccccc2)N(C)C(=O)CNC(=O)[C@H](CCCCN)NC(=O)[C@H]2CCCN2C(=O)[C@H](CC(=O)O)NC(=O)[C@H](Cc2ccc(O)cc2)NC(=O)CNC(=O)[C@H](Cc2c[nH]c3ncccc23)NC1=O. The summed E-state index contributed by atoms with van der Waals surface area (Å²) in [7, 11) is 1.35. The van der Waals surface area contributed by atoms with Crippen LogP contribution in [0.5, 0.6) is 11.5 Å². The van der Waals surface area contributed by atoms with E-state index in [1.807, 2.05) is 6.92 Å². The number of nitrogens with one attached hydrogen (secondary N) is 9. The molecule has 7 rings (SSSR count). The average Bonchev–Trinajstić information content (AvgIpc) is 1.97. The number of H-pyrrole nitrogens is 1. The molecule has 5 aromatic rings. The lowest BCUT2D eigenvalue weighted by atomic mass is 10.0. The fraction of sp³-hybridized carbons (Fsp3) is 0.438. The van der Waals surface area contributed by atoms with E-state index in [0.29, 0.717) is 65.4 Å². The molecule has 0 spiro atoms. The number of aliphatic carboxylic acids is 1. The molecule has 2 fully saturated rings. The molecule has 10 amide bonds. The predicted molar refractivity (Wildman–Crippen MR) is 332 cm³/mol. The average molecular weight is 1260 g/mol. The third-order valence-electron chi connectivity index (χ3n) is 16.0. The van der Waals surface area contributed by atoms with Crippen LogP contribution in [0, 0.1) is 0 Å². The fourth-order valence-corrected chi connectivity index (χ4v) is 11.0. The number of carboxylic acids is 1. The van der Waals surface area contributed by atoms with Gasteiger partial charge in [-0.1, -0.05) is 80.8 Å². The van der Waals surface area contributed by atoms with Crippen LogP contribution < -0.4 is 48.3 Å². The minimum atomic E-state index is -1.80. The van der Waals surface area contributed by atoms with Crippen molar-refractivity contribution in [3.8, 4) is 11.5 Å². The van der Waals surface area contributed by atoms with Crippen molar-refractivity contribution in [2.45, 2.75) is 145 Å². The summed E-state index contributed by atoms with van der Waals surface area (Å²) >= 11 is 0. The van der Waals surface area contributed by atoms with E-state index in [-0.39, 0.29) is 76.0 Å². The Morgan fingerprint density at radius 3 is 1.76 bits per heavy atom. The minimum Gasteiger partial charge on any atom is -0.508 e. The quantitative estimate of drug-likeness (QED) is 0.0528. The number of hydrogen-bond acceptors (Lipinski definition) is 15. The molecule has 8 atom stereocenters. The molecule has 0 saturated carbocycles. The number of hydrogen-bond donors (Lipinski definition) is 13. The number of nitrogens with two attached hydrogens (primary N) is 1. The standard InChI is InChI=1S/C64H81N13O14/c1-3-4-6-16-46-59(86)73-49(33-41-35-67-56-44(41)15-11-28-66-56)58(85)68-36-53(80)70-47(30-39-19-23-42(78)24-20-39)60(87)75-50(34-55(82)83)64(91)77-29-12-18-51(77)62(89)72-45(17-9-10-27-65)57(84)69-37-54(81)76(2)52(32-38-13-7-5-8-14-38)63(90)74-48(61(88)71-46)31-40-21-25-43(79)26-22-40/h5,7-8,11,13-15,19-26,28,35,45-52,78-79H,3-4,6,9-10,12,16-18,27,29-34,36-37,65H2,1-2H3,(H,66,67)(H,68,85)(H,69,84)(H,70,80)(H,71,88)(H,72,89)(H,73,86)(H,74,90)(H,75,87)(H,82,83)/t45-,46-,47-,48-,49-,50-,51+,52-/m0/s1. The second-order valence-corrected chi connectivity index (χ2v) is 22.8. The lowest BCUT2D eigenvalue weighted by Gasteiger charge is -2.31. The molecule has 486 valence electrons. The molecule has 14 N–H and O–H groups in total. The molecule has 2 aliphatic rings. The Kier molecular flexibility index (Phi) is 25.3. The largest absolute Gasteiger partial charge is 0.508 e. The number of carbonyl (C=O) groups is 11. The number of aromatic amines is 1. The van der Waals surface area contributed by atoms with Crippen LogP contribution in [0.15, 0.2) is 103 Å². The summed E-state index contributed by atoms with van der Waals surface area (Å²) in [6.07, 6.45) is 4.42. The predicted octanol–water partition coefficient (Wildman–Crippen LogP) is 0.402. The molecule has 0 radical (unpaired) electrons. The molecule has 2 aliphatic heterocycles. The number of unbranched alkanes of at least 4 members (excludes halogenated alkanes) is 3. The minimum absolute atomic E-state index is 0.0309. The second kappa shape index (κ2) is 33.6. The smallest absolute Gasteiger partial charge is 0.305 e. The van der Waals surface area contributed by atoms with Crippen LogP contribution in [0.1, 0.15) is 93.4 Å². The zero-order chi connectivity index (χ0) is 65.6. The molecule has 91 heavy (non-hydrogen) atoms. The highest BCUT2D eigenvalue weighted by atomic mass is 16.4. The van der Waals surface area contributed by atoms with Gasteiger partial charge in [-0.3, -0.25) is 52.7 Å². The van der Waals surface area contributed by atoms with E-state index >= 15 is 0 Å². The summed E-state index contributed by atoms with van der Waals surface area (Å²) in [6.45, 7) is 0.645. The molecule has 27 heteroatoms. The van der Waals surface area contributed by atoms with Gasteiger partial charge in [-0.15, -0.1) is 0 Å². The first kappa shape index (κ1) is 68.6. The maximum atomic E-state index is 14.9. The number of amides is 10. The van der Waals surface area contributed by atoms with E-state index in [4.69, 9.17) is 5.73 Å². The topological polar surface area (TPSA) is 406 Å². The van der Waals surface area contributed by atoms with Crippen LogP contribution >= 0.6 is 0 Å². The van der Waals surface area contributed by atoms with E-state index < -0.39 is 133 Å². The normalized spacial score (nSPS) is 22.5. The summed E-state index contributed by atoms with van der Waals surface area (Å²) in [5, 5.41) is 52.2. The summed E-state index contributed by atoms with van der Waals surface area (Å²) in [6, 6.07) is 12.1. The number of carbonyl (C=O) groups excluding carboxylic acids is 10.